The average molecular weight is 423 g/mol. The van der Waals surface area contributed by atoms with Gasteiger partial charge in [0.2, 0.25) is 11.8 Å². The Morgan fingerprint density at radius 2 is 1.73 bits per heavy atom. The molecule has 1 aliphatic rings. The molecule has 0 saturated carbocycles. The number of fused-ring (bicyclic) bond motifs is 1. The number of hydrogen-bond acceptors (Lipinski definition) is 5. The lowest BCUT2D eigenvalue weighted by atomic mass is 10.0. The van der Waals surface area contributed by atoms with Crippen molar-refractivity contribution in [3.63, 3.8) is 0 Å². The van der Waals surface area contributed by atoms with Crippen LogP contribution in [0.4, 0.5) is 0 Å². The number of thiazole rings is 1. The van der Waals surface area contributed by atoms with Gasteiger partial charge in [-0.05, 0) is 17.7 Å². The Morgan fingerprint density at radius 1 is 1.03 bits per heavy atom. The molecule has 0 bridgehead atoms. The fourth-order valence-electron chi connectivity index (χ4n) is 3.82. The first kappa shape index (κ1) is 20.5. The maximum absolute atomic E-state index is 12.9. The summed E-state index contributed by atoms with van der Waals surface area (Å²) in [5.74, 6) is -0.0467. The van der Waals surface area contributed by atoms with Gasteiger partial charge in [0.25, 0.3) is 0 Å². The highest BCUT2D eigenvalue weighted by molar-refractivity contribution is 7.18. The number of amides is 2. The summed E-state index contributed by atoms with van der Waals surface area (Å²) < 4.78 is 1.21. The van der Waals surface area contributed by atoms with Crippen LogP contribution in [0.15, 0.2) is 54.6 Å². The minimum Gasteiger partial charge on any atom is -0.349 e. The van der Waals surface area contributed by atoms with E-state index in [2.05, 4.69) is 16.3 Å². The van der Waals surface area contributed by atoms with E-state index in [0.29, 0.717) is 13.1 Å². The number of para-hydroxylation sites is 1. The predicted octanol–water partition coefficient (Wildman–Crippen LogP) is 3.21. The van der Waals surface area contributed by atoms with Crippen molar-refractivity contribution in [2.24, 2.45) is 0 Å². The quantitative estimate of drug-likeness (QED) is 0.663. The van der Waals surface area contributed by atoms with E-state index in [1.807, 2.05) is 53.4 Å². The maximum Gasteiger partial charge on any atom is 0.225 e. The third-order valence-corrected chi connectivity index (χ3v) is 6.40. The summed E-state index contributed by atoms with van der Waals surface area (Å²) in [6.07, 6.45) is 0.279. The molecule has 2 aromatic carbocycles. The van der Waals surface area contributed by atoms with E-state index >= 15 is 0 Å². The Morgan fingerprint density at radius 3 is 2.43 bits per heavy atom. The lowest BCUT2D eigenvalue weighted by Gasteiger charge is -2.35. The molecule has 7 heteroatoms. The van der Waals surface area contributed by atoms with Crippen LogP contribution in [0, 0.1) is 0 Å². The van der Waals surface area contributed by atoms with E-state index in [-0.39, 0.29) is 24.3 Å². The van der Waals surface area contributed by atoms with Gasteiger partial charge >= 0.3 is 0 Å². The second-order valence-electron chi connectivity index (χ2n) is 7.60. The zero-order chi connectivity index (χ0) is 20.9. The van der Waals surface area contributed by atoms with Gasteiger partial charge < -0.3 is 10.2 Å². The lowest BCUT2D eigenvalue weighted by molar-refractivity contribution is -0.133. The molecule has 30 heavy (non-hydrogen) atoms. The summed E-state index contributed by atoms with van der Waals surface area (Å²) in [4.78, 5) is 33.5. The highest BCUT2D eigenvalue weighted by Gasteiger charge is 2.25. The number of aromatic nitrogens is 1. The van der Waals surface area contributed by atoms with Crippen LogP contribution in [0.25, 0.3) is 10.2 Å². The molecular weight excluding hydrogens is 396 g/mol. The van der Waals surface area contributed by atoms with Crippen molar-refractivity contribution in [1.29, 1.82) is 0 Å². The monoisotopic (exact) mass is 422 g/mol. The molecule has 1 aliphatic heterocycles. The Bertz CT molecular complexity index is 979. The summed E-state index contributed by atoms with van der Waals surface area (Å²) in [6, 6.07) is 17.6. The van der Waals surface area contributed by atoms with Crippen molar-refractivity contribution in [2.75, 3.05) is 26.2 Å². The summed E-state index contributed by atoms with van der Waals surface area (Å²) in [5.41, 5.74) is 2.01. The van der Waals surface area contributed by atoms with Gasteiger partial charge in [-0.1, -0.05) is 42.5 Å². The SMILES string of the molecule is CC(=O)NC(CC(=O)N1CCN(Cc2nc3ccccc3s2)CC1)c1ccccc1. The van der Waals surface area contributed by atoms with Crippen LogP contribution >= 0.6 is 11.3 Å². The largest absolute Gasteiger partial charge is 0.349 e. The van der Waals surface area contributed by atoms with Gasteiger partial charge in [-0.3, -0.25) is 14.5 Å². The van der Waals surface area contributed by atoms with E-state index in [0.717, 1.165) is 35.7 Å². The van der Waals surface area contributed by atoms with Crippen LogP contribution in [0.2, 0.25) is 0 Å². The summed E-state index contributed by atoms with van der Waals surface area (Å²) in [5, 5.41) is 4.03. The van der Waals surface area contributed by atoms with Crippen molar-refractivity contribution in [3.8, 4) is 0 Å². The Labute approximate surface area is 180 Å². The molecular formula is C23H26N4O2S. The zero-order valence-electron chi connectivity index (χ0n) is 17.1. The summed E-state index contributed by atoms with van der Waals surface area (Å²) in [6.45, 7) is 5.37. The first-order valence-corrected chi connectivity index (χ1v) is 11.1. The van der Waals surface area contributed by atoms with Gasteiger partial charge in [0.15, 0.2) is 0 Å². The van der Waals surface area contributed by atoms with Crippen molar-refractivity contribution >= 4 is 33.4 Å². The standard InChI is InChI=1S/C23H26N4O2S/c1-17(28)24-20(18-7-3-2-4-8-18)15-23(29)27-13-11-26(12-14-27)16-22-25-19-9-5-6-10-21(19)30-22/h2-10,20H,11-16H2,1H3,(H,24,28). The summed E-state index contributed by atoms with van der Waals surface area (Å²) in [7, 11) is 0. The van der Waals surface area contributed by atoms with Crippen molar-refractivity contribution in [3.05, 3.63) is 65.2 Å². The fraction of sp³-hybridized carbons (Fsp3) is 0.348. The molecule has 2 heterocycles. The molecule has 0 aliphatic carbocycles. The third-order valence-electron chi connectivity index (χ3n) is 5.38. The van der Waals surface area contributed by atoms with Crippen LogP contribution in [-0.4, -0.2) is 52.8 Å². The van der Waals surface area contributed by atoms with Crippen molar-refractivity contribution < 1.29 is 9.59 Å². The van der Waals surface area contributed by atoms with E-state index < -0.39 is 0 Å². The van der Waals surface area contributed by atoms with Crippen molar-refractivity contribution in [1.82, 2.24) is 20.1 Å². The number of piperazine rings is 1. The maximum atomic E-state index is 12.9. The molecule has 1 N–H and O–H groups in total. The molecule has 4 rings (SSSR count). The molecule has 0 radical (unpaired) electrons. The molecule has 1 unspecified atom stereocenters. The van der Waals surface area contributed by atoms with Gasteiger partial charge in [0.05, 0.1) is 29.2 Å². The second kappa shape index (κ2) is 9.36. The van der Waals surface area contributed by atoms with Crippen LogP contribution in [0.3, 0.4) is 0 Å². The Kier molecular flexibility index (Phi) is 6.40. The second-order valence-corrected chi connectivity index (χ2v) is 8.72. The molecule has 3 aromatic rings. The first-order valence-electron chi connectivity index (χ1n) is 10.2. The molecule has 6 nitrogen and oxygen atoms in total. The molecule has 156 valence electrons. The van der Waals surface area contributed by atoms with Gasteiger partial charge in [0, 0.05) is 33.1 Å². The Balaban J connectivity index is 1.32. The number of hydrogen-bond donors (Lipinski definition) is 1. The molecule has 1 fully saturated rings. The van der Waals surface area contributed by atoms with Crippen molar-refractivity contribution in [2.45, 2.75) is 25.9 Å². The number of benzene rings is 2. The first-order chi connectivity index (χ1) is 14.6. The fourth-order valence-corrected chi connectivity index (χ4v) is 4.83. The van der Waals surface area contributed by atoms with Crippen LogP contribution in [0.5, 0.6) is 0 Å². The van der Waals surface area contributed by atoms with Gasteiger partial charge in [-0.2, -0.15) is 0 Å². The molecule has 2 amide bonds. The summed E-state index contributed by atoms with van der Waals surface area (Å²) >= 11 is 1.74. The van der Waals surface area contributed by atoms with E-state index in [1.54, 1.807) is 11.3 Å². The number of rotatable bonds is 6. The van der Waals surface area contributed by atoms with Gasteiger partial charge in [0.1, 0.15) is 5.01 Å². The molecule has 1 atom stereocenters. The number of nitrogens with one attached hydrogen (secondary N) is 1. The zero-order valence-corrected chi connectivity index (χ0v) is 17.9. The minimum absolute atomic E-state index is 0.0808. The minimum atomic E-state index is -0.294. The highest BCUT2D eigenvalue weighted by atomic mass is 32.1. The predicted molar refractivity (Wildman–Crippen MR) is 119 cm³/mol. The van der Waals surface area contributed by atoms with E-state index in [1.165, 1.54) is 11.6 Å². The van der Waals surface area contributed by atoms with E-state index in [9.17, 15) is 9.59 Å². The van der Waals surface area contributed by atoms with Crippen LogP contribution in [0.1, 0.15) is 30.0 Å². The topological polar surface area (TPSA) is 65.5 Å². The lowest BCUT2D eigenvalue weighted by Crippen LogP contribution is -2.49. The van der Waals surface area contributed by atoms with Gasteiger partial charge in [-0.25, -0.2) is 4.98 Å². The van der Waals surface area contributed by atoms with Gasteiger partial charge in [-0.15, -0.1) is 11.3 Å². The molecule has 0 spiro atoms. The highest BCUT2D eigenvalue weighted by Crippen LogP contribution is 2.23. The smallest absolute Gasteiger partial charge is 0.225 e. The number of carbonyl (C=O) groups is 2. The Hall–Kier alpha value is -2.77. The van der Waals surface area contributed by atoms with Crippen LogP contribution in [-0.2, 0) is 16.1 Å². The molecule has 1 saturated heterocycles. The normalized spacial score (nSPS) is 15.8. The average Bonchev–Trinajstić information content (AvgIpc) is 3.16. The third kappa shape index (κ3) is 5.04. The van der Waals surface area contributed by atoms with E-state index in [4.69, 9.17) is 4.98 Å². The number of carbonyl (C=O) groups excluding carboxylic acids is 2. The van der Waals surface area contributed by atoms with Crippen LogP contribution < -0.4 is 5.32 Å². The number of nitrogens with zero attached hydrogens (tertiary/aromatic N) is 3. The molecule has 1 aromatic heterocycles.